The van der Waals surface area contributed by atoms with Crippen LogP contribution in [0.1, 0.15) is 30.1 Å². The summed E-state index contributed by atoms with van der Waals surface area (Å²) in [6.07, 6.45) is 0.928. The van der Waals surface area contributed by atoms with E-state index < -0.39 is 41.7 Å². The zero-order chi connectivity index (χ0) is 16.8. The summed E-state index contributed by atoms with van der Waals surface area (Å²) in [6.45, 7) is 1.76. The Kier molecular flexibility index (Phi) is 6.18. The number of Topliss-reactive ketones (excluding diaryl/α,β-unsaturated/α-hetero) is 1. The van der Waals surface area contributed by atoms with E-state index >= 15 is 0 Å². The normalized spacial score (nSPS) is 18.7. The molecule has 0 spiro atoms. The van der Waals surface area contributed by atoms with E-state index in [0.29, 0.717) is 6.61 Å². The Bertz CT molecular complexity index is 570. The van der Waals surface area contributed by atoms with E-state index in [1.54, 1.807) is 0 Å². The number of hydrogen-bond donors (Lipinski definition) is 0. The number of carbonyl (C=O) groups is 2. The van der Waals surface area contributed by atoms with Crippen LogP contribution >= 0.6 is 0 Å². The summed E-state index contributed by atoms with van der Waals surface area (Å²) >= 11 is 0. The lowest BCUT2D eigenvalue weighted by atomic mass is 10.1. The molecule has 1 aliphatic heterocycles. The van der Waals surface area contributed by atoms with Gasteiger partial charge in [0.1, 0.15) is 11.6 Å². The second-order valence-corrected chi connectivity index (χ2v) is 5.27. The minimum Gasteiger partial charge on any atom is -0.455 e. The second-order valence-electron chi connectivity index (χ2n) is 5.27. The summed E-state index contributed by atoms with van der Waals surface area (Å²) in [7, 11) is 0. The lowest BCUT2D eigenvalue weighted by Gasteiger charge is -2.15. The third kappa shape index (κ3) is 5.07. The first-order chi connectivity index (χ1) is 11.0. The van der Waals surface area contributed by atoms with E-state index in [4.69, 9.17) is 14.2 Å². The summed E-state index contributed by atoms with van der Waals surface area (Å²) in [5.74, 6) is -3.17. The largest absolute Gasteiger partial charge is 0.455 e. The predicted molar refractivity (Wildman–Crippen MR) is 76.0 cm³/mol. The highest BCUT2D eigenvalue weighted by atomic mass is 19.1. The molecule has 0 amide bonds. The quantitative estimate of drug-likeness (QED) is 0.568. The Morgan fingerprint density at radius 2 is 2.17 bits per heavy atom. The van der Waals surface area contributed by atoms with Gasteiger partial charge in [0.15, 0.2) is 12.7 Å². The molecule has 2 atom stereocenters. The Balaban J connectivity index is 1.78. The number of ether oxygens (including phenoxy) is 3. The van der Waals surface area contributed by atoms with E-state index in [9.17, 15) is 18.4 Å². The van der Waals surface area contributed by atoms with Gasteiger partial charge >= 0.3 is 5.97 Å². The number of carbonyl (C=O) groups excluding carboxylic acids is 2. The van der Waals surface area contributed by atoms with Gasteiger partial charge < -0.3 is 14.2 Å². The molecule has 0 N–H and O–H groups in total. The number of esters is 1. The van der Waals surface area contributed by atoms with Crippen molar-refractivity contribution < 1.29 is 32.6 Å². The van der Waals surface area contributed by atoms with Gasteiger partial charge in [-0.1, -0.05) is 0 Å². The SMILES string of the molecule is CC(OCC1CCCO1)C(=O)OCC(=O)c1cc(F)ccc1F. The predicted octanol–water partition coefficient (Wildman–Crippen LogP) is 2.27. The average molecular weight is 328 g/mol. The molecule has 0 radical (unpaired) electrons. The van der Waals surface area contributed by atoms with Crippen molar-refractivity contribution in [1.29, 1.82) is 0 Å². The van der Waals surface area contributed by atoms with E-state index in [2.05, 4.69) is 0 Å². The number of hydrogen-bond acceptors (Lipinski definition) is 5. The molecule has 5 nitrogen and oxygen atoms in total. The van der Waals surface area contributed by atoms with Crippen molar-refractivity contribution in [2.24, 2.45) is 0 Å². The van der Waals surface area contributed by atoms with Gasteiger partial charge in [0.05, 0.1) is 18.3 Å². The van der Waals surface area contributed by atoms with Crippen molar-refractivity contribution in [3.63, 3.8) is 0 Å². The van der Waals surface area contributed by atoms with Crippen LogP contribution in [-0.4, -0.2) is 43.8 Å². The molecule has 1 saturated heterocycles. The Morgan fingerprint density at radius 3 is 2.87 bits per heavy atom. The third-order valence-corrected chi connectivity index (χ3v) is 3.46. The van der Waals surface area contributed by atoms with Crippen molar-refractivity contribution >= 4 is 11.8 Å². The summed E-state index contributed by atoms with van der Waals surface area (Å²) in [5, 5.41) is 0. The molecule has 1 aliphatic rings. The van der Waals surface area contributed by atoms with Gasteiger partial charge in [-0.3, -0.25) is 4.79 Å². The fourth-order valence-corrected chi connectivity index (χ4v) is 2.14. The Labute approximate surface area is 132 Å². The molecule has 1 heterocycles. The van der Waals surface area contributed by atoms with Crippen LogP contribution in [0.25, 0.3) is 0 Å². The highest BCUT2D eigenvalue weighted by Gasteiger charge is 2.22. The summed E-state index contributed by atoms with van der Waals surface area (Å²) < 4.78 is 41.9. The molecular formula is C16H18F2O5. The Hall–Kier alpha value is -1.86. The van der Waals surface area contributed by atoms with Crippen LogP contribution < -0.4 is 0 Å². The first-order valence-corrected chi connectivity index (χ1v) is 7.35. The molecule has 1 aromatic rings. The molecule has 1 fully saturated rings. The number of benzene rings is 1. The van der Waals surface area contributed by atoms with Crippen LogP contribution in [0.2, 0.25) is 0 Å². The van der Waals surface area contributed by atoms with Crippen molar-refractivity contribution in [1.82, 2.24) is 0 Å². The van der Waals surface area contributed by atoms with Gasteiger partial charge in [-0.25, -0.2) is 13.6 Å². The topological polar surface area (TPSA) is 61.8 Å². The van der Waals surface area contributed by atoms with Crippen molar-refractivity contribution in [3.8, 4) is 0 Å². The first kappa shape index (κ1) is 17.5. The molecule has 0 bridgehead atoms. The lowest BCUT2D eigenvalue weighted by Crippen LogP contribution is -2.29. The number of ketones is 1. The maximum Gasteiger partial charge on any atom is 0.335 e. The fraction of sp³-hybridized carbons (Fsp3) is 0.500. The first-order valence-electron chi connectivity index (χ1n) is 7.35. The van der Waals surface area contributed by atoms with Crippen molar-refractivity contribution in [2.75, 3.05) is 19.8 Å². The van der Waals surface area contributed by atoms with Crippen LogP contribution in [0.15, 0.2) is 18.2 Å². The smallest absolute Gasteiger partial charge is 0.335 e. The molecular weight excluding hydrogens is 310 g/mol. The highest BCUT2D eigenvalue weighted by molar-refractivity contribution is 5.98. The minimum atomic E-state index is -0.871. The van der Waals surface area contributed by atoms with Crippen LogP contribution in [0.5, 0.6) is 0 Å². The minimum absolute atomic E-state index is 0.0340. The van der Waals surface area contributed by atoms with Gasteiger partial charge in [0.25, 0.3) is 0 Å². The van der Waals surface area contributed by atoms with E-state index in [1.807, 2.05) is 0 Å². The summed E-state index contributed by atoms with van der Waals surface area (Å²) in [6, 6.07) is 2.51. The summed E-state index contributed by atoms with van der Waals surface area (Å²) in [4.78, 5) is 23.5. The third-order valence-electron chi connectivity index (χ3n) is 3.46. The maximum atomic E-state index is 13.4. The molecule has 126 valence electrons. The second kappa shape index (κ2) is 8.12. The molecule has 0 aliphatic carbocycles. The van der Waals surface area contributed by atoms with Gasteiger partial charge in [0, 0.05) is 6.61 Å². The fourth-order valence-electron chi connectivity index (χ4n) is 2.14. The number of halogens is 2. The number of rotatable bonds is 7. The van der Waals surface area contributed by atoms with E-state index in [1.165, 1.54) is 6.92 Å². The average Bonchev–Trinajstić information content (AvgIpc) is 3.05. The Morgan fingerprint density at radius 1 is 1.39 bits per heavy atom. The van der Waals surface area contributed by atoms with E-state index in [-0.39, 0.29) is 12.7 Å². The molecule has 23 heavy (non-hydrogen) atoms. The van der Waals surface area contributed by atoms with Gasteiger partial charge in [0.2, 0.25) is 5.78 Å². The zero-order valence-corrected chi connectivity index (χ0v) is 12.7. The van der Waals surface area contributed by atoms with Gasteiger partial charge in [-0.15, -0.1) is 0 Å². The van der Waals surface area contributed by atoms with Crippen LogP contribution in [0.4, 0.5) is 8.78 Å². The molecule has 1 aromatic carbocycles. The maximum absolute atomic E-state index is 13.4. The molecule has 0 aromatic heterocycles. The lowest BCUT2D eigenvalue weighted by molar-refractivity contribution is -0.156. The summed E-state index contributed by atoms with van der Waals surface area (Å²) in [5.41, 5.74) is -0.453. The highest BCUT2D eigenvalue weighted by Crippen LogP contribution is 2.13. The van der Waals surface area contributed by atoms with Crippen molar-refractivity contribution in [2.45, 2.75) is 32.0 Å². The van der Waals surface area contributed by atoms with Crippen LogP contribution in [0.3, 0.4) is 0 Å². The molecule has 2 rings (SSSR count). The van der Waals surface area contributed by atoms with Gasteiger partial charge in [-0.2, -0.15) is 0 Å². The molecule has 2 unspecified atom stereocenters. The monoisotopic (exact) mass is 328 g/mol. The zero-order valence-electron chi connectivity index (χ0n) is 12.7. The van der Waals surface area contributed by atoms with Crippen molar-refractivity contribution in [3.05, 3.63) is 35.4 Å². The van der Waals surface area contributed by atoms with Gasteiger partial charge in [-0.05, 0) is 38.0 Å². The van der Waals surface area contributed by atoms with Crippen LogP contribution in [-0.2, 0) is 19.0 Å². The molecule has 0 saturated carbocycles. The van der Waals surface area contributed by atoms with E-state index in [0.717, 1.165) is 31.0 Å². The standard InChI is InChI=1S/C16H18F2O5/c1-10(22-8-12-3-2-6-21-12)16(20)23-9-15(19)13-7-11(17)4-5-14(13)18/h4-5,7,10,12H,2-3,6,8-9H2,1H3. The molecule has 7 heteroatoms. The van der Waals surface area contributed by atoms with Crippen LogP contribution in [0, 0.1) is 11.6 Å².